The van der Waals surface area contributed by atoms with Crippen molar-refractivity contribution in [3.63, 3.8) is 0 Å². The van der Waals surface area contributed by atoms with E-state index >= 15 is 0 Å². The average molecular weight is 622 g/mol. The predicted octanol–water partition coefficient (Wildman–Crippen LogP) is 1.39. The fourth-order valence-corrected chi connectivity index (χ4v) is 3.75. The first-order valence-electron chi connectivity index (χ1n) is 14.7. The van der Waals surface area contributed by atoms with Gasteiger partial charge in [0.05, 0.1) is 84.5 Å². The van der Waals surface area contributed by atoms with Crippen LogP contribution in [0.3, 0.4) is 0 Å². The predicted molar refractivity (Wildman–Crippen MR) is 163 cm³/mol. The fourth-order valence-electron chi connectivity index (χ4n) is 3.75. The molecule has 2 amide bonds. The lowest BCUT2D eigenvalue weighted by atomic mass is 10.1. The van der Waals surface area contributed by atoms with Crippen LogP contribution in [0.1, 0.15) is 11.3 Å². The number of carbonyl (C=O) groups is 1. The molecule has 2 rings (SSSR count). The highest BCUT2D eigenvalue weighted by Crippen LogP contribution is 2.12. The quantitative estimate of drug-likeness (QED) is 0.0599. The summed E-state index contributed by atoms with van der Waals surface area (Å²) in [5.74, 6) is 0.237. The summed E-state index contributed by atoms with van der Waals surface area (Å²) in [7, 11) is 3.95. The highest BCUT2D eigenvalue weighted by molar-refractivity contribution is 5.73. The lowest BCUT2D eigenvalue weighted by molar-refractivity contribution is -0.0112. The molecule has 0 aliphatic heterocycles. The lowest BCUT2D eigenvalue weighted by Crippen LogP contribution is -2.45. The second-order valence-corrected chi connectivity index (χ2v) is 9.82. The minimum absolute atomic E-state index is 0.116. The van der Waals surface area contributed by atoms with Crippen molar-refractivity contribution in [3.05, 3.63) is 52.2 Å². The summed E-state index contributed by atoms with van der Waals surface area (Å²) in [5.41, 5.74) is 10.0. The summed E-state index contributed by atoms with van der Waals surface area (Å²) in [6, 6.07) is 6.99. The van der Waals surface area contributed by atoms with Gasteiger partial charge in [-0.05, 0) is 43.7 Å². The van der Waals surface area contributed by atoms with Gasteiger partial charge in [0.1, 0.15) is 5.75 Å². The summed E-state index contributed by atoms with van der Waals surface area (Å²) in [5, 5.41) is 27.3. The SMILES string of the molecule is CN(C)[C@H](CNC(=O)NCCc1cnn(CCOCCOCCOCCOCCOCCN=[N+]=[N-])n1)Cc1ccc(O)cc1. The van der Waals surface area contributed by atoms with Gasteiger partial charge < -0.3 is 44.3 Å². The fraction of sp³-hybridized carbons (Fsp3) is 0.679. The van der Waals surface area contributed by atoms with E-state index in [1.54, 1.807) is 23.1 Å². The zero-order valence-corrected chi connectivity index (χ0v) is 25.8. The number of nitrogens with zero attached hydrogens (tertiary/aromatic N) is 7. The topological polar surface area (TPSA) is 190 Å². The number of azide groups is 1. The third-order valence-electron chi connectivity index (χ3n) is 6.21. The van der Waals surface area contributed by atoms with E-state index in [1.165, 1.54) is 0 Å². The van der Waals surface area contributed by atoms with Gasteiger partial charge in [-0.25, -0.2) is 4.79 Å². The first-order chi connectivity index (χ1) is 21.5. The molecule has 0 fully saturated rings. The number of aromatic hydroxyl groups is 1. The van der Waals surface area contributed by atoms with Crippen molar-refractivity contribution in [1.29, 1.82) is 0 Å². The Morgan fingerprint density at radius 2 is 1.55 bits per heavy atom. The molecule has 3 N–H and O–H groups in total. The molecule has 0 bridgehead atoms. The van der Waals surface area contributed by atoms with Gasteiger partial charge >= 0.3 is 6.03 Å². The van der Waals surface area contributed by atoms with E-state index in [0.717, 1.165) is 17.7 Å². The maximum Gasteiger partial charge on any atom is 0.314 e. The zero-order chi connectivity index (χ0) is 31.7. The Bertz CT molecular complexity index is 1070. The number of rotatable bonds is 26. The van der Waals surface area contributed by atoms with Gasteiger partial charge in [0.25, 0.3) is 0 Å². The van der Waals surface area contributed by atoms with Crippen LogP contribution in [-0.2, 0) is 43.1 Å². The molecule has 44 heavy (non-hydrogen) atoms. The standard InChI is InChI=1S/C28H47N9O7/c1-36(2)26(21-24-3-5-27(38)6-4-24)23-31-28(39)30-8-7-25-22-33-37(34-25)10-12-41-14-16-43-18-20-44-19-17-42-15-13-40-11-9-32-35-29/h3-6,22,26,38H,7-21,23H2,1-2H3,(H2,30,31,39)/t26-/m0/s1. The van der Waals surface area contributed by atoms with Crippen LogP contribution in [0.2, 0.25) is 0 Å². The van der Waals surface area contributed by atoms with Crippen LogP contribution in [0.4, 0.5) is 4.79 Å². The summed E-state index contributed by atoms with van der Waals surface area (Å²) in [6.45, 7) is 6.33. The van der Waals surface area contributed by atoms with Crippen molar-refractivity contribution in [3.8, 4) is 5.75 Å². The molecule has 0 saturated carbocycles. The first-order valence-corrected chi connectivity index (χ1v) is 14.7. The number of aromatic nitrogens is 3. The number of carbonyl (C=O) groups excluding carboxylic acids is 1. The van der Waals surface area contributed by atoms with Crippen LogP contribution in [-0.4, -0.2) is 137 Å². The molecule has 0 aliphatic carbocycles. The van der Waals surface area contributed by atoms with Gasteiger partial charge in [-0.3, -0.25) is 0 Å². The number of nitrogens with one attached hydrogen (secondary N) is 2. The van der Waals surface area contributed by atoms with Crippen molar-refractivity contribution >= 4 is 6.03 Å². The van der Waals surface area contributed by atoms with Gasteiger partial charge in [-0.1, -0.05) is 17.2 Å². The second-order valence-electron chi connectivity index (χ2n) is 9.82. The molecule has 16 heteroatoms. The lowest BCUT2D eigenvalue weighted by Gasteiger charge is -2.25. The molecule has 0 unspecified atom stereocenters. The summed E-state index contributed by atoms with van der Waals surface area (Å²) in [4.78, 5) is 18.6. The molecule has 2 aromatic rings. The highest BCUT2D eigenvalue weighted by atomic mass is 16.6. The molecule has 1 aromatic heterocycles. The third kappa shape index (κ3) is 18.2. The molecule has 0 aliphatic rings. The minimum Gasteiger partial charge on any atom is -0.508 e. The normalized spacial score (nSPS) is 11.8. The smallest absolute Gasteiger partial charge is 0.314 e. The van der Waals surface area contributed by atoms with Crippen molar-refractivity contribution in [2.24, 2.45) is 5.11 Å². The van der Waals surface area contributed by atoms with E-state index in [1.807, 2.05) is 26.2 Å². The maximum absolute atomic E-state index is 12.3. The van der Waals surface area contributed by atoms with Crippen molar-refractivity contribution in [2.45, 2.75) is 25.4 Å². The summed E-state index contributed by atoms with van der Waals surface area (Å²) < 4.78 is 27.1. The van der Waals surface area contributed by atoms with E-state index in [4.69, 9.17) is 29.2 Å². The maximum atomic E-state index is 12.3. The molecule has 246 valence electrons. The number of benzene rings is 1. The number of ether oxygens (including phenoxy) is 5. The number of phenolic OH excluding ortho intramolecular Hbond substituents is 1. The molecule has 16 nitrogen and oxygen atoms in total. The van der Waals surface area contributed by atoms with E-state index in [2.05, 4.69) is 35.8 Å². The van der Waals surface area contributed by atoms with E-state index in [9.17, 15) is 9.90 Å². The van der Waals surface area contributed by atoms with Crippen LogP contribution in [0.5, 0.6) is 5.75 Å². The van der Waals surface area contributed by atoms with Crippen LogP contribution in [0, 0.1) is 0 Å². The Balaban J connectivity index is 1.41. The van der Waals surface area contributed by atoms with Crippen LogP contribution in [0.15, 0.2) is 35.6 Å². The van der Waals surface area contributed by atoms with E-state index in [0.29, 0.717) is 98.7 Å². The van der Waals surface area contributed by atoms with Crippen LogP contribution >= 0.6 is 0 Å². The molecular formula is C28H47N9O7. The number of hydrogen-bond donors (Lipinski definition) is 3. The van der Waals surface area contributed by atoms with Crippen LogP contribution in [0.25, 0.3) is 10.4 Å². The van der Waals surface area contributed by atoms with Gasteiger partial charge in [0.2, 0.25) is 0 Å². The first kappa shape index (κ1) is 36.7. The van der Waals surface area contributed by atoms with Crippen molar-refractivity contribution in [2.75, 3.05) is 99.8 Å². The Morgan fingerprint density at radius 3 is 2.14 bits per heavy atom. The Kier molecular flexibility index (Phi) is 19.9. The molecule has 1 heterocycles. The number of phenols is 1. The average Bonchev–Trinajstić information content (AvgIpc) is 3.46. The number of likely N-dealkylation sites (N-methyl/N-ethyl adjacent to an activating group) is 1. The molecule has 0 spiro atoms. The molecule has 1 atom stereocenters. The molecule has 0 saturated heterocycles. The number of amides is 2. The molecule has 0 radical (unpaired) electrons. The number of hydrogen-bond acceptors (Lipinski definition) is 11. The minimum atomic E-state index is -0.232. The van der Waals surface area contributed by atoms with Crippen molar-refractivity contribution in [1.82, 2.24) is 30.5 Å². The van der Waals surface area contributed by atoms with E-state index in [-0.39, 0.29) is 17.8 Å². The zero-order valence-electron chi connectivity index (χ0n) is 25.8. The second kappa shape index (κ2) is 23.9. The van der Waals surface area contributed by atoms with Gasteiger partial charge in [-0.15, -0.1) is 0 Å². The van der Waals surface area contributed by atoms with Crippen LogP contribution < -0.4 is 10.6 Å². The molecular weight excluding hydrogens is 574 g/mol. The Labute approximate surface area is 258 Å². The van der Waals surface area contributed by atoms with Gasteiger partial charge in [0.15, 0.2) is 0 Å². The van der Waals surface area contributed by atoms with Gasteiger partial charge in [-0.2, -0.15) is 15.0 Å². The third-order valence-corrected chi connectivity index (χ3v) is 6.21. The molecule has 1 aromatic carbocycles. The largest absolute Gasteiger partial charge is 0.508 e. The Morgan fingerprint density at radius 1 is 0.955 bits per heavy atom. The number of urea groups is 1. The van der Waals surface area contributed by atoms with Crippen molar-refractivity contribution < 1.29 is 33.6 Å². The highest BCUT2D eigenvalue weighted by Gasteiger charge is 2.14. The summed E-state index contributed by atoms with van der Waals surface area (Å²) >= 11 is 0. The monoisotopic (exact) mass is 621 g/mol. The summed E-state index contributed by atoms with van der Waals surface area (Å²) in [6.07, 6.45) is 3.01. The Hall–Kier alpha value is -3.50. The van der Waals surface area contributed by atoms with E-state index < -0.39 is 0 Å². The van der Waals surface area contributed by atoms with Gasteiger partial charge in [0, 0.05) is 37.0 Å².